The Balaban J connectivity index is 1.58. The number of aromatic nitrogens is 3. The molecule has 3 rings (SSSR count). The highest BCUT2D eigenvalue weighted by Crippen LogP contribution is 2.06. The molecule has 0 radical (unpaired) electrons. The quantitative estimate of drug-likeness (QED) is 0.724. The number of aliphatic hydroxyl groups excluding tert-OH is 1. The van der Waals surface area contributed by atoms with E-state index in [9.17, 15) is 4.79 Å². The number of hydrogen-bond donors (Lipinski definition) is 2. The van der Waals surface area contributed by atoms with Crippen molar-refractivity contribution in [2.75, 3.05) is 6.54 Å². The first-order chi connectivity index (χ1) is 11.8. The highest BCUT2D eigenvalue weighted by molar-refractivity contribution is 5.92. The molecule has 0 unspecified atom stereocenters. The van der Waals surface area contributed by atoms with Crippen molar-refractivity contribution in [3.63, 3.8) is 0 Å². The van der Waals surface area contributed by atoms with Crippen LogP contribution in [0.4, 0.5) is 0 Å². The van der Waals surface area contributed by atoms with Crippen molar-refractivity contribution in [2.45, 2.75) is 13.0 Å². The van der Waals surface area contributed by atoms with E-state index in [0.29, 0.717) is 18.1 Å². The molecule has 1 aromatic carbocycles. The van der Waals surface area contributed by atoms with Gasteiger partial charge in [-0.25, -0.2) is 9.67 Å². The molecule has 3 aromatic rings. The van der Waals surface area contributed by atoms with Crippen molar-refractivity contribution in [3.8, 4) is 5.82 Å². The van der Waals surface area contributed by atoms with Crippen LogP contribution in [0.15, 0.2) is 60.9 Å². The van der Waals surface area contributed by atoms with E-state index in [-0.39, 0.29) is 12.5 Å². The second-order valence-corrected chi connectivity index (χ2v) is 5.31. The summed E-state index contributed by atoms with van der Waals surface area (Å²) >= 11 is 0. The van der Waals surface area contributed by atoms with Gasteiger partial charge in [-0.15, -0.1) is 0 Å². The minimum Gasteiger partial charge on any atom is -0.392 e. The van der Waals surface area contributed by atoms with Gasteiger partial charge in [-0.3, -0.25) is 4.79 Å². The second-order valence-electron chi connectivity index (χ2n) is 5.31. The van der Waals surface area contributed by atoms with E-state index in [1.807, 2.05) is 24.3 Å². The monoisotopic (exact) mass is 322 g/mol. The highest BCUT2D eigenvalue weighted by Gasteiger charge is 2.08. The minimum atomic E-state index is -0.212. The predicted octanol–water partition coefficient (Wildman–Crippen LogP) is 1.73. The van der Waals surface area contributed by atoms with Crippen LogP contribution in [0.25, 0.3) is 5.82 Å². The van der Waals surface area contributed by atoms with Gasteiger partial charge < -0.3 is 10.4 Å². The lowest BCUT2D eigenvalue weighted by Gasteiger charge is -2.07. The van der Waals surface area contributed by atoms with E-state index in [4.69, 9.17) is 5.11 Å². The zero-order valence-corrected chi connectivity index (χ0v) is 13.1. The maximum Gasteiger partial charge on any atom is 0.269 e. The molecule has 0 saturated carbocycles. The number of pyridine rings is 1. The molecule has 2 aromatic heterocycles. The van der Waals surface area contributed by atoms with Gasteiger partial charge in [0.15, 0.2) is 5.82 Å². The van der Waals surface area contributed by atoms with Crippen LogP contribution in [0.5, 0.6) is 0 Å². The van der Waals surface area contributed by atoms with Crippen LogP contribution in [0.1, 0.15) is 21.6 Å². The number of amides is 1. The Labute approximate surface area is 139 Å². The average Bonchev–Trinajstić information content (AvgIpc) is 3.17. The summed E-state index contributed by atoms with van der Waals surface area (Å²) in [7, 11) is 0. The molecule has 0 aliphatic carbocycles. The predicted molar refractivity (Wildman–Crippen MR) is 89.8 cm³/mol. The summed E-state index contributed by atoms with van der Waals surface area (Å²) in [6.07, 6.45) is 4.16. The molecule has 0 atom stereocenters. The fourth-order valence-electron chi connectivity index (χ4n) is 2.30. The van der Waals surface area contributed by atoms with Gasteiger partial charge in [0, 0.05) is 18.9 Å². The van der Waals surface area contributed by atoms with E-state index in [1.165, 1.54) is 0 Å². The summed E-state index contributed by atoms with van der Waals surface area (Å²) in [5.74, 6) is 0.392. The molecule has 6 heteroatoms. The van der Waals surface area contributed by atoms with Crippen molar-refractivity contribution >= 4 is 5.91 Å². The molecule has 122 valence electrons. The van der Waals surface area contributed by atoms with Gasteiger partial charge in [-0.05, 0) is 35.7 Å². The van der Waals surface area contributed by atoms with Crippen molar-refractivity contribution in [1.29, 1.82) is 0 Å². The molecule has 0 aliphatic heterocycles. The van der Waals surface area contributed by atoms with E-state index in [0.717, 1.165) is 17.5 Å². The lowest BCUT2D eigenvalue weighted by molar-refractivity contribution is 0.0949. The number of nitrogens with zero attached hydrogens (tertiary/aromatic N) is 3. The molecule has 0 aliphatic rings. The number of carbonyl (C=O) groups is 1. The van der Waals surface area contributed by atoms with Crippen LogP contribution in [-0.4, -0.2) is 32.3 Å². The fraction of sp³-hybridized carbons (Fsp3) is 0.167. The molecule has 0 fully saturated rings. The first kappa shape index (κ1) is 15.9. The van der Waals surface area contributed by atoms with Crippen molar-refractivity contribution in [2.24, 2.45) is 0 Å². The zero-order chi connectivity index (χ0) is 16.8. The third-order valence-corrected chi connectivity index (χ3v) is 3.61. The van der Waals surface area contributed by atoms with Crippen LogP contribution in [0, 0.1) is 0 Å². The topological polar surface area (TPSA) is 80.0 Å². The van der Waals surface area contributed by atoms with E-state index in [1.54, 1.807) is 41.3 Å². The van der Waals surface area contributed by atoms with Crippen molar-refractivity contribution in [3.05, 3.63) is 77.7 Å². The Bertz CT molecular complexity index is 798. The number of aliphatic hydroxyl groups is 1. The Morgan fingerprint density at radius 2 is 1.88 bits per heavy atom. The van der Waals surface area contributed by atoms with Crippen molar-refractivity contribution < 1.29 is 9.90 Å². The zero-order valence-electron chi connectivity index (χ0n) is 13.1. The van der Waals surface area contributed by atoms with Gasteiger partial charge >= 0.3 is 0 Å². The summed E-state index contributed by atoms with van der Waals surface area (Å²) in [4.78, 5) is 16.5. The molecular weight excluding hydrogens is 304 g/mol. The van der Waals surface area contributed by atoms with Gasteiger partial charge in [0.05, 0.1) is 6.61 Å². The van der Waals surface area contributed by atoms with E-state index < -0.39 is 0 Å². The Hall–Kier alpha value is -2.99. The summed E-state index contributed by atoms with van der Waals surface area (Å²) in [6.45, 7) is 0.556. The van der Waals surface area contributed by atoms with E-state index in [2.05, 4.69) is 15.4 Å². The molecule has 1 amide bonds. The molecule has 0 spiro atoms. The third-order valence-electron chi connectivity index (χ3n) is 3.61. The maximum absolute atomic E-state index is 12.2. The van der Waals surface area contributed by atoms with Gasteiger partial charge in [0.2, 0.25) is 0 Å². The number of hydrogen-bond acceptors (Lipinski definition) is 4. The average molecular weight is 322 g/mol. The lowest BCUT2D eigenvalue weighted by atomic mass is 10.1. The molecule has 0 bridgehead atoms. The first-order valence-electron chi connectivity index (χ1n) is 7.70. The number of rotatable bonds is 6. The molecule has 2 heterocycles. The Morgan fingerprint density at radius 3 is 2.58 bits per heavy atom. The van der Waals surface area contributed by atoms with Gasteiger partial charge in [-0.2, -0.15) is 5.10 Å². The fourth-order valence-corrected chi connectivity index (χ4v) is 2.30. The number of benzene rings is 1. The van der Waals surface area contributed by atoms with Crippen LogP contribution >= 0.6 is 0 Å². The first-order valence-corrected chi connectivity index (χ1v) is 7.70. The Morgan fingerprint density at radius 1 is 1.08 bits per heavy atom. The summed E-state index contributed by atoms with van der Waals surface area (Å²) in [6, 6.07) is 14.7. The van der Waals surface area contributed by atoms with Crippen LogP contribution < -0.4 is 5.32 Å². The summed E-state index contributed by atoms with van der Waals surface area (Å²) < 4.78 is 1.61. The molecule has 24 heavy (non-hydrogen) atoms. The van der Waals surface area contributed by atoms with Crippen LogP contribution in [0.2, 0.25) is 0 Å². The second kappa shape index (κ2) is 7.52. The minimum absolute atomic E-state index is 0.0370. The summed E-state index contributed by atoms with van der Waals surface area (Å²) in [5, 5.41) is 16.0. The largest absolute Gasteiger partial charge is 0.392 e. The molecule has 0 saturated heterocycles. The van der Waals surface area contributed by atoms with Crippen LogP contribution in [0.3, 0.4) is 0 Å². The lowest BCUT2D eigenvalue weighted by Crippen LogP contribution is -2.26. The van der Waals surface area contributed by atoms with E-state index >= 15 is 0 Å². The van der Waals surface area contributed by atoms with Gasteiger partial charge in [0.25, 0.3) is 5.91 Å². The normalized spacial score (nSPS) is 10.5. The molecule has 6 nitrogen and oxygen atoms in total. The van der Waals surface area contributed by atoms with Gasteiger partial charge in [-0.1, -0.05) is 30.3 Å². The molecular formula is C18H18N4O2. The van der Waals surface area contributed by atoms with Crippen LogP contribution in [-0.2, 0) is 13.0 Å². The number of nitrogens with one attached hydrogen (secondary N) is 1. The SMILES string of the molecule is O=C(NCCc1ccc(CO)cc1)c1cccc(-n2cccn2)n1. The van der Waals surface area contributed by atoms with Gasteiger partial charge in [0.1, 0.15) is 5.69 Å². The standard InChI is InChI=1S/C18H18N4O2/c23-13-15-7-5-14(6-8-15)9-11-19-18(24)16-3-1-4-17(21-16)22-12-2-10-20-22/h1-8,10,12,23H,9,11,13H2,(H,19,24). The van der Waals surface area contributed by atoms with Crippen molar-refractivity contribution in [1.82, 2.24) is 20.1 Å². The summed E-state index contributed by atoms with van der Waals surface area (Å²) in [5.41, 5.74) is 2.34. The molecule has 2 N–H and O–H groups in total. The maximum atomic E-state index is 12.2. The highest BCUT2D eigenvalue weighted by atomic mass is 16.3. The smallest absolute Gasteiger partial charge is 0.269 e. The number of carbonyl (C=O) groups excluding carboxylic acids is 1. The Kier molecular flexibility index (Phi) is 4.98. The third kappa shape index (κ3) is 3.85.